The summed E-state index contributed by atoms with van der Waals surface area (Å²) in [5.74, 6) is -1.64. The first-order valence-corrected chi connectivity index (χ1v) is 6.43. The summed E-state index contributed by atoms with van der Waals surface area (Å²) in [6, 6.07) is 5.73. The number of carbonyl (C=O) groups excluding carboxylic acids is 2. The standard InChI is InChI=1S/C13H15N3O4/c17-12(14-9-5-1-2-6-9)13(18)15-10-7-3-4-8-11(10)16(19)20/h3-4,7-9H,1-2,5-6H2,(H,14,17)(H,15,18). The Kier molecular flexibility index (Phi) is 4.29. The first-order chi connectivity index (χ1) is 9.58. The van der Waals surface area contributed by atoms with Crippen LogP contribution in [0.5, 0.6) is 0 Å². The van der Waals surface area contributed by atoms with E-state index >= 15 is 0 Å². The van der Waals surface area contributed by atoms with E-state index in [9.17, 15) is 19.7 Å². The molecule has 1 aliphatic carbocycles. The van der Waals surface area contributed by atoms with E-state index in [1.54, 1.807) is 6.07 Å². The Morgan fingerprint density at radius 1 is 1.15 bits per heavy atom. The highest BCUT2D eigenvalue weighted by atomic mass is 16.6. The maximum absolute atomic E-state index is 11.7. The van der Waals surface area contributed by atoms with Crippen LogP contribution in [0.15, 0.2) is 24.3 Å². The van der Waals surface area contributed by atoms with E-state index in [2.05, 4.69) is 10.6 Å². The van der Waals surface area contributed by atoms with Gasteiger partial charge in [-0.15, -0.1) is 0 Å². The second kappa shape index (κ2) is 6.14. The smallest absolute Gasteiger partial charge is 0.313 e. The van der Waals surface area contributed by atoms with Crippen LogP contribution in [0.25, 0.3) is 0 Å². The van der Waals surface area contributed by atoms with Crippen molar-refractivity contribution < 1.29 is 14.5 Å². The quantitative estimate of drug-likeness (QED) is 0.497. The average molecular weight is 277 g/mol. The molecule has 7 heteroatoms. The molecule has 2 rings (SSSR count). The largest absolute Gasteiger partial charge is 0.345 e. The van der Waals surface area contributed by atoms with E-state index < -0.39 is 16.7 Å². The molecule has 1 saturated carbocycles. The van der Waals surface area contributed by atoms with Crippen LogP contribution in [0.3, 0.4) is 0 Å². The zero-order valence-electron chi connectivity index (χ0n) is 10.8. The van der Waals surface area contributed by atoms with Crippen LogP contribution < -0.4 is 10.6 Å². The van der Waals surface area contributed by atoms with Crippen molar-refractivity contribution in [3.05, 3.63) is 34.4 Å². The van der Waals surface area contributed by atoms with E-state index in [1.807, 2.05) is 0 Å². The van der Waals surface area contributed by atoms with Gasteiger partial charge in [0.2, 0.25) is 0 Å². The lowest BCUT2D eigenvalue weighted by Gasteiger charge is -2.11. The molecule has 1 aromatic rings. The molecule has 106 valence electrons. The summed E-state index contributed by atoms with van der Waals surface area (Å²) in [5, 5.41) is 15.7. The normalized spacial score (nSPS) is 14.8. The Labute approximate surface area is 115 Å². The van der Waals surface area contributed by atoms with Crippen molar-refractivity contribution in [1.29, 1.82) is 0 Å². The average Bonchev–Trinajstić information content (AvgIpc) is 2.91. The number of nitrogens with zero attached hydrogens (tertiary/aromatic N) is 1. The number of hydrogen-bond acceptors (Lipinski definition) is 4. The molecule has 0 bridgehead atoms. The Morgan fingerprint density at radius 2 is 1.80 bits per heavy atom. The van der Waals surface area contributed by atoms with E-state index in [0.717, 1.165) is 25.7 Å². The van der Waals surface area contributed by atoms with E-state index in [4.69, 9.17) is 0 Å². The molecule has 0 saturated heterocycles. The van der Waals surface area contributed by atoms with Crippen LogP contribution >= 0.6 is 0 Å². The lowest BCUT2D eigenvalue weighted by molar-refractivity contribution is -0.383. The molecule has 1 aliphatic rings. The topological polar surface area (TPSA) is 101 Å². The van der Waals surface area contributed by atoms with Crippen LogP contribution in [-0.4, -0.2) is 22.8 Å². The van der Waals surface area contributed by atoms with E-state index in [1.165, 1.54) is 18.2 Å². The molecule has 0 spiro atoms. The van der Waals surface area contributed by atoms with Crippen molar-refractivity contribution in [2.75, 3.05) is 5.32 Å². The molecule has 0 atom stereocenters. The number of rotatable bonds is 3. The lowest BCUT2D eigenvalue weighted by atomic mass is 10.2. The maximum atomic E-state index is 11.7. The van der Waals surface area contributed by atoms with Crippen molar-refractivity contribution in [2.45, 2.75) is 31.7 Å². The summed E-state index contributed by atoms with van der Waals surface area (Å²) in [5.41, 5.74) is -0.224. The van der Waals surface area contributed by atoms with Crippen molar-refractivity contribution >= 4 is 23.2 Å². The molecule has 0 unspecified atom stereocenters. The first-order valence-electron chi connectivity index (χ1n) is 6.43. The van der Waals surface area contributed by atoms with Gasteiger partial charge in [-0.3, -0.25) is 19.7 Å². The molecule has 0 aromatic heterocycles. The summed E-state index contributed by atoms with van der Waals surface area (Å²) in [6.45, 7) is 0. The summed E-state index contributed by atoms with van der Waals surface area (Å²) in [7, 11) is 0. The Bertz CT molecular complexity index is 538. The third kappa shape index (κ3) is 3.31. The molecule has 0 heterocycles. The molecular formula is C13H15N3O4. The number of nitrogens with one attached hydrogen (secondary N) is 2. The molecule has 2 N–H and O–H groups in total. The zero-order valence-corrected chi connectivity index (χ0v) is 10.8. The summed E-state index contributed by atoms with van der Waals surface area (Å²) < 4.78 is 0. The van der Waals surface area contributed by atoms with Gasteiger partial charge in [0.1, 0.15) is 5.69 Å². The van der Waals surface area contributed by atoms with Crippen LogP contribution in [0.4, 0.5) is 11.4 Å². The van der Waals surface area contributed by atoms with Gasteiger partial charge >= 0.3 is 11.8 Å². The minimum Gasteiger partial charge on any atom is -0.345 e. The monoisotopic (exact) mass is 277 g/mol. The van der Waals surface area contributed by atoms with E-state index in [-0.39, 0.29) is 17.4 Å². The van der Waals surface area contributed by atoms with Gasteiger partial charge in [-0.05, 0) is 18.9 Å². The van der Waals surface area contributed by atoms with Gasteiger partial charge in [0, 0.05) is 12.1 Å². The summed E-state index contributed by atoms with van der Waals surface area (Å²) in [4.78, 5) is 33.6. The van der Waals surface area contributed by atoms with Gasteiger partial charge in [-0.2, -0.15) is 0 Å². The Morgan fingerprint density at radius 3 is 2.45 bits per heavy atom. The van der Waals surface area contributed by atoms with Crippen molar-refractivity contribution in [3.8, 4) is 0 Å². The molecule has 0 aliphatic heterocycles. The number of nitro benzene ring substituents is 1. The molecule has 0 radical (unpaired) electrons. The van der Waals surface area contributed by atoms with Gasteiger partial charge in [0.15, 0.2) is 0 Å². The van der Waals surface area contributed by atoms with Crippen molar-refractivity contribution in [2.24, 2.45) is 0 Å². The van der Waals surface area contributed by atoms with Crippen molar-refractivity contribution in [3.63, 3.8) is 0 Å². The summed E-state index contributed by atoms with van der Waals surface area (Å²) >= 11 is 0. The predicted molar refractivity (Wildman–Crippen MR) is 72.1 cm³/mol. The molecule has 1 fully saturated rings. The highest BCUT2D eigenvalue weighted by Crippen LogP contribution is 2.23. The minimum absolute atomic E-state index is 0.0177. The van der Waals surface area contributed by atoms with Gasteiger partial charge < -0.3 is 10.6 Å². The molecule has 7 nitrogen and oxygen atoms in total. The first kappa shape index (κ1) is 14.0. The molecule has 20 heavy (non-hydrogen) atoms. The number of carbonyl (C=O) groups is 2. The number of nitro groups is 1. The Hall–Kier alpha value is -2.44. The fourth-order valence-corrected chi connectivity index (χ4v) is 2.24. The molecule has 2 amide bonds. The Balaban J connectivity index is 2.00. The number of hydrogen-bond donors (Lipinski definition) is 2. The molecular weight excluding hydrogens is 262 g/mol. The second-order valence-electron chi connectivity index (χ2n) is 4.68. The minimum atomic E-state index is -0.883. The van der Waals surface area contributed by atoms with Gasteiger partial charge in [0.25, 0.3) is 5.69 Å². The maximum Gasteiger partial charge on any atom is 0.313 e. The SMILES string of the molecule is O=C(Nc1ccccc1[N+](=O)[O-])C(=O)NC1CCCC1. The third-order valence-electron chi connectivity index (χ3n) is 3.25. The van der Waals surface area contributed by atoms with Crippen LogP contribution in [-0.2, 0) is 9.59 Å². The van der Waals surface area contributed by atoms with Crippen molar-refractivity contribution in [1.82, 2.24) is 5.32 Å². The predicted octanol–water partition coefficient (Wildman–Crippen LogP) is 1.59. The summed E-state index contributed by atoms with van der Waals surface area (Å²) in [6.07, 6.45) is 3.81. The highest BCUT2D eigenvalue weighted by molar-refractivity contribution is 6.39. The fourth-order valence-electron chi connectivity index (χ4n) is 2.24. The number of amides is 2. The number of benzene rings is 1. The van der Waals surface area contributed by atoms with Crippen LogP contribution in [0.1, 0.15) is 25.7 Å². The number of anilines is 1. The van der Waals surface area contributed by atoms with Crippen LogP contribution in [0.2, 0.25) is 0 Å². The lowest BCUT2D eigenvalue weighted by Crippen LogP contribution is -2.40. The molecule has 1 aromatic carbocycles. The fraction of sp³-hybridized carbons (Fsp3) is 0.385. The highest BCUT2D eigenvalue weighted by Gasteiger charge is 2.23. The van der Waals surface area contributed by atoms with Gasteiger partial charge in [-0.1, -0.05) is 25.0 Å². The van der Waals surface area contributed by atoms with Gasteiger partial charge in [0.05, 0.1) is 4.92 Å². The third-order valence-corrected chi connectivity index (χ3v) is 3.25. The van der Waals surface area contributed by atoms with E-state index in [0.29, 0.717) is 0 Å². The van der Waals surface area contributed by atoms with Gasteiger partial charge in [-0.25, -0.2) is 0 Å². The van der Waals surface area contributed by atoms with Crippen LogP contribution in [0, 0.1) is 10.1 Å². The number of para-hydroxylation sites is 2. The zero-order chi connectivity index (χ0) is 14.5. The second-order valence-corrected chi connectivity index (χ2v) is 4.68.